The zero-order valence-electron chi connectivity index (χ0n) is 13.8. The molecule has 0 aliphatic carbocycles. The smallest absolute Gasteiger partial charge is 0.310 e. The number of nitrogens with zero attached hydrogens (tertiary/aromatic N) is 1. The van der Waals surface area contributed by atoms with Gasteiger partial charge in [-0.25, -0.2) is 13.2 Å². The van der Waals surface area contributed by atoms with Crippen LogP contribution in [0.1, 0.15) is 16.8 Å². The lowest BCUT2D eigenvalue weighted by atomic mass is 10.1. The number of hydrogen-bond donors (Lipinski definition) is 3. The van der Waals surface area contributed by atoms with Crippen LogP contribution in [-0.4, -0.2) is 23.4 Å². The number of nitrogens with one attached hydrogen (secondary N) is 3. The number of benzene rings is 1. The second-order valence-corrected chi connectivity index (χ2v) is 7.32. The van der Waals surface area contributed by atoms with E-state index in [4.69, 9.17) is 0 Å². The maximum Gasteiger partial charge on any atom is 0.325 e. The summed E-state index contributed by atoms with van der Waals surface area (Å²) in [5.74, 6) is 0. The third-order valence-electron chi connectivity index (χ3n) is 3.71. The fraction of sp³-hybridized carbons (Fsp3) is 0.118. The maximum absolute atomic E-state index is 12.5. The molecule has 0 atom stereocenters. The largest absolute Gasteiger partial charge is 0.325 e. The van der Waals surface area contributed by atoms with Gasteiger partial charge >= 0.3 is 5.69 Å². The van der Waals surface area contributed by atoms with Gasteiger partial charge in [0.05, 0.1) is 0 Å². The quantitative estimate of drug-likeness (QED) is 0.620. The number of aromatic amines is 2. The predicted molar refractivity (Wildman–Crippen MR) is 96.7 cm³/mol. The Bertz CT molecular complexity index is 1130. The van der Waals surface area contributed by atoms with Crippen molar-refractivity contribution in [3.63, 3.8) is 0 Å². The summed E-state index contributed by atoms with van der Waals surface area (Å²) < 4.78 is 27.3. The first-order chi connectivity index (χ1) is 12.3. The van der Waals surface area contributed by atoms with Crippen LogP contribution in [0.4, 0.5) is 5.69 Å². The molecule has 3 rings (SSSR count). The van der Waals surface area contributed by atoms with E-state index < -0.39 is 26.2 Å². The van der Waals surface area contributed by atoms with Crippen LogP contribution in [0.15, 0.2) is 63.3 Å². The average molecular weight is 372 g/mol. The standard InChI is InChI=1S/C17H16N4O4S/c1-11-15(16(22)20-17(23)19-11)26(24,25)21-14-4-2-12(3-5-14)10-13-6-8-18-9-7-13/h2-9,21H,10H2,1H3,(H2,19,20,22,23). The number of H-pyrrole nitrogens is 2. The maximum atomic E-state index is 12.5. The van der Waals surface area contributed by atoms with Crippen LogP contribution in [0.5, 0.6) is 0 Å². The Labute approximate surface area is 149 Å². The van der Waals surface area contributed by atoms with E-state index >= 15 is 0 Å². The van der Waals surface area contributed by atoms with Crippen LogP contribution in [0.2, 0.25) is 0 Å². The molecule has 9 heteroatoms. The van der Waals surface area contributed by atoms with E-state index in [1.165, 1.54) is 6.92 Å². The zero-order chi connectivity index (χ0) is 18.7. The Morgan fingerprint density at radius 2 is 1.58 bits per heavy atom. The lowest BCUT2D eigenvalue weighted by molar-refractivity contribution is 0.598. The van der Waals surface area contributed by atoms with Crippen LogP contribution in [-0.2, 0) is 16.4 Å². The molecule has 0 bridgehead atoms. The molecular formula is C17H16N4O4S. The highest BCUT2D eigenvalue weighted by Gasteiger charge is 2.22. The summed E-state index contributed by atoms with van der Waals surface area (Å²) in [6.07, 6.45) is 4.11. The van der Waals surface area contributed by atoms with E-state index in [2.05, 4.69) is 14.7 Å². The highest BCUT2D eigenvalue weighted by Crippen LogP contribution is 2.17. The fourth-order valence-electron chi connectivity index (χ4n) is 2.55. The second kappa shape index (κ2) is 6.96. The molecular weight excluding hydrogens is 356 g/mol. The van der Waals surface area contributed by atoms with Gasteiger partial charge in [-0.1, -0.05) is 12.1 Å². The van der Waals surface area contributed by atoms with Crippen molar-refractivity contribution in [1.82, 2.24) is 15.0 Å². The topological polar surface area (TPSA) is 125 Å². The summed E-state index contributed by atoms with van der Waals surface area (Å²) in [6.45, 7) is 1.35. The van der Waals surface area contributed by atoms with Crippen molar-refractivity contribution in [3.05, 3.63) is 86.5 Å². The molecule has 3 aromatic rings. The third-order valence-corrected chi connectivity index (χ3v) is 5.24. The minimum Gasteiger partial charge on any atom is -0.310 e. The lowest BCUT2D eigenvalue weighted by Crippen LogP contribution is -2.31. The normalized spacial score (nSPS) is 11.3. The van der Waals surface area contributed by atoms with Gasteiger partial charge in [0.1, 0.15) is 0 Å². The molecule has 134 valence electrons. The molecule has 0 fully saturated rings. The molecule has 0 aliphatic heterocycles. The number of aryl methyl sites for hydroxylation is 1. The number of hydrogen-bond acceptors (Lipinski definition) is 5. The summed E-state index contributed by atoms with van der Waals surface area (Å²) in [7, 11) is -4.14. The summed E-state index contributed by atoms with van der Waals surface area (Å²) in [5, 5.41) is 0. The molecule has 0 spiro atoms. The Hall–Kier alpha value is -3.20. The Morgan fingerprint density at radius 1 is 0.962 bits per heavy atom. The molecule has 2 aromatic heterocycles. The van der Waals surface area contributed by atoms with E-state index in [0.717, 1.165) is 11.1 Å². The third kappa shape index (κ3) is 3.89. The molecule has 0 aliphatic rings. The second-order valence-electron chi connectivity index (χ2n) is 5.70. The molecule has 8 nitrogen and oxygen atoms in total. The number of pyridine rings is 1. The number of sulfonamides is 1. The average Bonchev–Trinajstić information content (AvgIpc) is 2.56. The van der Waals surface area contributed by atoms with Crippen LogP contribution in [0, 0.1) is 6.92 Å². The zero-order valence-corrected chi connectivity index (χ0v) is 14.6. The Kier molecular flexibility index (Phi) is 4.72. The SMILES string of the molecule is Cc1[nH]c(=O)[nH]c(=O)c1S(=O)(=O)Nc1ccc(Cc2ccncc2)cc1. The van der Waals surface area contributed by atoms with Crippen molar-refractivity contribution in [1.29, 1.82) is 0 Å². The highest BCUT2D eigenvalue weighted by atomic mass is 32.2. The lowest BCUT2D eigenvalue weighted by Gasteiger charge is -2.10. The van der Waals surface area contributed by atoms with Crippen molar-refractivity contribution in [3.8, 4) is 0 Å². The summed E-state index contributed by atoms with van der Waals surface area (Å²) in [6, 6.07) is 10.6. The van der Waals surface area contributed by atoms with Gasteiger partial charge in [0.2, 0.25) is 0 Å². The Morgan fingerprint density at radius 3 is 2.19 bits per heavy atom. The molecule has 0 amide bonds. The molecule has 0 unspecified atom stereocenters. The molecule has 2 heterocycles. The van der Waals surface area contributed by atoms with Crippen LogP contribution >= 0.6 is 0 Å². The molecule has 0 radical (unpaired) electrons. The summed E-state index contributed by atoms with van der Waals surface area (Å²) >= 11 is 0. The summed E-state index contributed by atoms with van der Waals surface area (Å²) in [5.41, 5.74) is 0.648. The minimum absolute atomic E-state index is 0.0273. The van der Waals surface area contributed by atoms with Gasteiger partial charge in [-0.3, -0.25) is 19.5 Å². The van der Waals surface area contributed by atoms with Crippen molar-refractivity contribution in [2.24, 2.45) is 0 Å². The van der Waals surface area contributed by atoms with Crippen LogP contribution in [0.25, 0.3) is 0 Å². The highest BCUT2D eigenvalue weighted by molar-refractivity contribution is 7.92. The first kappa shape index (κ1) is 17.6. The summed E-state index contributed by atoms with van der Waals surface area (Å²) in [4.78, 5) is 30.7. The van der Waals surface area contributed by atoms with Gasteiger partial charge in [0.25, 0.3) is 15.6 Å². The Balaban J connectivity index is 1.83. The van der Waals surface area contributed by atoms with Crippen molar-refractivity contribution in [2.75, 3.05) is 4.72 Å². The van der Waals surface area contributed by atoms with E-state index in [1.54, 1.807) is 36.7 Å². The monoisotopic (exact) mass is 372 g/mol. The van der Waals surface area contributed by atoms with Crippen molar-refractivity contribution >= 4 is 15.7 Å². The predicted octanol–water partition coefficient (Wildman–Crippen LogP) is 1.16. The molecule has 0 saturated carbocycles. The van der Waals surface area contributed by atoms with E-state index in [1.807, 2.05) is 17.1 Å². The number of aromatic nitrogens is 3. The first-order valence-electron chi connectivity index (χ1n) is 7.69. The number of anilines is 1. The molecule has 3 N–H and O–H groups in total. The van der Waals surface area contributed by atoms with Gasteiger partial charge in [0, 0.05) is 23.8 Å². The van der Waals surface area contributed by atoms with E-state index in [-0.39, 0.29) is 5.69 Å². The van der Waals surface area contributed by atoms with Crippen molar-refractivity contribution in [2.45, 2.75) is 18.2 Å². The van der Waals surface area contributed by atoms with Crippen LogP contribution < -0.4 is 16.0 Å². The number of rotatable bonds is 5. The van der Waals surface area contributed by atoms with Gasteiger partial charge in [-0.05, 0) is 48.7 Å². The van der Waals surface area contributed by atoms with Gasteiger partial charge in [-0.2, -0.15) is 0 Å². The van der Waals surface area contributed by atoms with Gasteiger partial charge < -0.3 is 4.98 Å². The fourth-order valence-corrected chi connectivity index (χ4v) is 3.84. The van der Waals surface area contributed by atoms with Crippen LogP contribution in [0.3, 0.4) is 0 Å². The molecule has 1 aromatic carbocycles. The van der Waals surface area contributed by atoms with E-state index in [9.17, 15) is 18.0 Å². The van der Waals surface area contributed by atoms with Crippen molar-refractivity contribution < 1.29 is 8.42 Å². The molecule has 26 heavy (non-hydrogen) atoms. The van der Waals surface area contributed by atoms with Gasteiger partial charge in [0.15, 0.2) is 4.90 Å². The molecule has 0 saturated heterocycles. The van der Waals surface area contributed by atoms with E-state index in [0.29, 0.717) is 12.1 Å². The minimum atomic E-state index is -4.14. The first-order valence-corrected chi connectivity index (χ1v) is 9.17. The van der Waals surface area contributed by atoms with Gasteiger partial charge in [-0.15, -0.1) is 0 Å².